The van der Waals surface area contributed by atoms with E-state index < -0.39 is 6.04 Å². The molecule has 4 nitrogen and oxygen atoms in total. The van der Waals surface area contributed by atoms with Crippen molar-refractivity contribution in [3.63, 3.8) is 0 Å². The van der Waals surface area contributed by atoms with Crippen LogP contribution >= 0.6 is 0 Å². The standard InChI is InChI=1S/C6H15N3O/c1-6(2,3)4(7)5(10)9-8/h4H,7-8H2,1-3H3,(H,9,10)/t4-/m0/s1. The minimum Gasteiger partial charge on any atom is -0.319 e. The maximum atomic E-state index is 10.8. The highest BCUT2D eigenvalue weighted by Gasteiger charge is 2.26. The summed E-state index contributed by atoms with van der Waals surface area (Å²) in [5.41, 5.74) is 7.29. The van der Waals surface area contributed by atoms with E-state index in [1.807, 2.05) is 26.2 Å². The average molecular weight is 145 g/mol. The van der Waals surface area contributed by atoms with E-state index in [0.717, 1.165) is 0 Å². The Morgan fingerprint density at radius 1 is 1.50 bits per heavy atom. The highest BCUT2D eigenvalue weighted by atomic mass is 16.2. The van der Waals surface area contributed by atoms with Crippen LogP contribution in [0.5, 0.6) is 0 Å². The van der Waals surface area contributed by atoms with Crippen molar-refractivity contribution in [2.24, 2.45) is 17.0 Å². The van der Waals surface area contributed by atoms with E-state index in [-0.39, 0.29) is 11.3 Å². The topological polar surface area (TPSA) is 81.1 Å². The van der Waals surface area contributed by atoms with Crippen molar-refractivity contribution >= 4 is 5.91 Å². The van der Waals surface area contributed by atoms with Gasteiger partial charge < -0.3 is 5.73 Å². The molecule has 0 aliphatic carbocycles. The van der Waals surface area contributed by atoms with Crippen molar-refractivity contribution in [2.45, 2.75) is 26.8 Å². The lowest BCUT2D eigenvalue weighted by Gasteiger charge is -2.24. The lowest BCUT2D eigenvalue weighted by Crippen LogP contribution is -2.50. The van der Waals surface area contributed by atoms with Gasteiger partial charge in [-0.15, -0.1) is 0 Å². The van der Waals surface area contributed by atoms with Gasteiger partial charge in [0, 0.05) is 0 Å². The number of carbonyl (C=O) groups is 1. The van der Waals surface area contributed by atoms with Crippen LogP contribution in [0.3, 0.4) is 0 Å². The van der Waals surface area contributed by atoms with Gasteiger partial charge in [-0.05, 0) is 5.41 Å². The first-order valence-corrected chi connectivity index (χ1v) is 3.15. The van der Waals surface area contributed by atoms with E-state index in [0.29, 0.717) is 0 Å². The SMILES string of the molecule is CC(C)(C)[C@@H](N)C(=O)NN. The molecule has 0 unspecified atom stereocenters. The summed E-state index contributed by atoms with van der Waals surface area (Å²) >= 11 is 0. The molecule has 0 aromatic rings. The van der Waals surface area contributed by atoms with Gasteiger partial charge in [0.05, 0.1) is 6.04 Å². The second-order valence-electron chi connectivity index (χ2n) is 3.35. The number of nitrogens with one attached hydrogen (secondary N) is 1. The highest BCUT2D eigenvalue weighted by molar-refractivity contribution is 5.81. The fourth-order valence-electron chi connectivity index (χ4n) is 0.483. The van der Waals surface area contributed by atoms with E-state index >= 15 is 0 Å². The fraction of sp³-hybridized carbons (Fsp3) is 0.833. The summed E-state index contributed by atoms with van der Waals surface area (Å²) in [5, 5.41) is 0. The Labute approximate surface area is 60.9 Å². The van der Waals surface area contributed by atoms with Crippen LogP contribution in [0.4, 0.5) is 0 Å². The first-order valence-electron chi connectivity index (χ1n) is 3.15. The number of carbonyl (C=O) groups excluding carboxylic acids is 1. The maximum absolute atomic E-state index is 10.8. The molecule has 0 bridgehead atoms. The monoisotopic (exact) mass is 145 g/mol. The molecule has 0 spiro atoms. The van der Waals surface area contributed by atoms with Crippen LogP contribution in [0.25, 0.3) is 0 Å². The van der Waals surface area contributed by atoms with E-state index in [1.54, 1.807) is 0 Å². The minimum absolute atomic E-state index is 0.233. The smallest absolute Gasteiger partial charge is 0.251 e. The van der Waals surface area contributed by atoms with Crippen molar-refractivity contribution in [3.8, 4) is 0 Å². The molecule has 0 saturated heterocycles. The fourth-order valence-corrected chi connectivity index (χ4v) is 0.483. The molecule has 0 radical (unpaired) electrons. The lowest BCUT2D eigenvalue weighted by atomic mass is 9.87. The number of hydrogen-bond acceptors (Lipinski definition) is 3. The molecule has 0 saturated carbocycles. The molecule has 0 heterocycles. The van der Waals surface area contributed by atoms with Crippen LogP contribution in [-0.2, 0) is 4.79 Å². The summed E-state index contributed by atoms with van der Waals surface area (Å²) in [4.78, 5) is 10.8. The molecular weight excluding hydrogens is 130 g/mol. The molecule has 10 heavy (non-hydrogen) atoms. The van der Waals surface area contributed by atoms with Crippen LogP contribution in [0.15, 0.2) is 0 Å². The average Bonchev–Trinajstić information content (AvgIpc) is 1.83. The van der Waals surface area contributed by atoms with Crippen LogP contribution in [0, 0.1) is 5.41 Å². The third-order valence-corrected chi connectivity index (χ3v) is 1.36. The van der Waals surface area contributed by atoms with Crippen LogP contribution in [0.2, 0.25) is 0 Å². The Kier molecular flexibility index (Phi) is 2.80. The number of nitrogens with two attached hydrogens (primary N) is 2. The largest absolute Gasteiger partial charge is 0.319 e. The van der Waals surface area contributed by atoms with E-state index in [4.69, 9.17) is 11.6 Å². The summed E-state index contributed by atoms with van der Waals surface area (Å²) in [6.45, 7) is 5.65. The number of hydrogen-bond donors (Lipinski definition) is 3. The van der Waals surface area contributed by atoms with Crippen LogP contribution in [-0.4, -0.2) is 11.9 Å². The predicted molar refractivity (Wildman–Crippen MR) is 39.8 cm³/mol. The zero-order valence-electron chi connectivity index (χ0n) is 6.64. The molecule has 1 amide bonds. The molecule has 0 aliphatic heterocycles. The summed E-state index contributed by atoms with van der Waals surface area (Å²) in [5.74, 6) is 4.56. The van der Waals surface area contributed by atoms with Crippen LogP contribution in [0.1, 0.15) is 20.8 Å². The van der Waals surface area contributed by atoms with Gasteiger partial charge in [-0.1, -0.05) is 20.8 Å². The third-order valence-electron chi connectivity index (χ3n) is 1.36. The summed E-state index contributed by atoms with van der Waals surface area (Å²) < 4.78 is 0. The van der Waals surface area contributed by atoms with Gasteiger partial charge in [0.15, 0.2) is 0 Å². The first kappa shape index (κ1) is 9.39. The molecule has 0 rings (SSSR count). The van der Waals surface area contributed by atoms with E-state index in [2.05, 4.69) is 0 Å². The quantitative estimate of drug-likeness (QED) is 0.260. The molecule has 0 fully saturated rings. The van der Waals surface area contributed by atoms with Gasteiger partial charge in [0.1, 0.15) is 0 Å². The Bertz CT molecular complexity index is 127. The van der Waals surface area contributed by atoms with Crippen molar-refractivity contribution < 1.29 is 4.79 Å². The minimum atomic E-state index is -0.544. The number of amides is 1. The predicted octanol–water partition coefficient (Wildman–Crippen LogP) is -0.650. The van der Waals surface area contributed by atoms with Crippen molar-refractivity contribution in [3.05, 3.63) is 0 Å². The van der Waals surface area contributed by atoms with Gasteiger partial charge in [0.25, 0.3) is 5.91 Å². The maximum Gasteiger partial charge on any atom is 0.251 e. The Morgan fingerprint density at radius 2 is 1.90 bits per heavy atom. The molecule has 1 atom stereocenters. The molecule has 0 aromatic carbocycles. The normalized spacial score (nSPS) is 14.5. The molecule has 4 heteroatoms. The van der Waals surface area contributed by atoms with Crippen LogP contribution < -0.4 is 17.0 Å². The highest BCUT2D eigenvalue weighted by Crippen LogP contribution is 2.16. The van der Waals surface area contributed by atoms with Gasteiger partial charge in [-0.25, -0.2) is 5.84 Å². The Balaban J connectivity index is 4.08. The Morgan fingerprint density at radius 3 is 2.00 bits per heavy atom. The molecule has 0 aliphatic rings. The molecule has 60 valence electrons. The van der Waals surface area contributed by atoms with Gasteiger partial charge in [-0.2, -0.15) is 0 Å². The zero-order valence-corrected chi connectivity index (χ0v) is 6.64. The van der Waals surface area contributed by atoms with Crippen molar-refractivity contribution in [2.75, 3.05) is 0 Å². The Hall–Kier alpha value is -0.610. The van der Waals surface area contributed by atoms with E-state index in [1.165, 1.54) is 0 Å². The van der Waals surface area contributed by atoms with Gasteiger partial charge in [0.2, 0.25) is 0 Å². The number of rotatable bonds is 1. The molecular formula is C6H15N3O. The second-order valence-corrected chi connectivity index (χ2v) is 3.35. The van der Waals surface area contributed by atoms with Gasteiger partial charge in [-0.3, -0.25) is 10.2 Å². The number of hydrazine groups is 1. The lowest BCUT2D eigenvalue weighted by molar-refractivity contribution is -0.124. The van der Waals surface area contributed by atoms with Crippen molar-refractivity contribution in [1.82, 2.24) is 5.43 Å². The zero-order chi connectivity index (χ0) is 8.36. The first-order chi connectivity index (χ1) is 4.39. The summed E-state index contributed by atoms with van der Waals surface area (Å²) in [6, 6.07) is -0.544. The summed E-state index contributed by atoms with van der Waals surface area (Å²) in [7, 11) is 0. The van der Waals surface area contributed by atoms with Crippen molar-refractivity contribution in [1.29, 1.82) is 0 Å². The molecule has 0 aromatic heterocycles. The van der Waals surface area contributed by atoms with Gasteiger partial charge >= 0.3 is 0 Å². The second kappa shape index (κ2) is 2.98. The third kappa shape index (κ3) is 2.33. The summed E-state index contributed by atoms with van der Waals surface area (Å²) in [6.07, 6.45) is 0. The molecule has 5 N–H and O–H groups in total. The van der Waals surface area contributed by atoms with E-state index in [9.17, 15) is 4.79 Å².